The summed E-state index contributed by atoms with van der Waals surface area (Å²) >= 11 is 6.22. The number of benzene rings is 2. The molecule has 0 bridgehead atoms. The molecule has 0 aliphatic carbocycles. The second kappa shape index (κ2) is 10.3. The summed E-state index contributed by atoms with van der Waals surface area (Å²) < 4.78 is 0. The molecule has 28 heavy (non-hydrogen) atoms. The van der Waals surface area contributed by atoms with Gasteiger partial charge < -0.3 is 9.80 Å². The van der Waals surface area contributed by atoms with E-state index >= 15 is 0 Å². The molecule has 1 fully saturated rings. The first-order valence-corrected chi connectivity index (χ1v) is 9.73. The molecule has 2 aliphatic rings. The van der Waals surface area contributed by atoms with Gasteiger partial charge >= 0.3 is 0 Å². The standard InChI is InChI=1S/C22H24ClN3.2ClH/c1-2-25-12-14-26(15-13-25)22-20(17-6-4-3-5-7-17)10-8-18-16-19(23)9-11-21(18)24-22;;/h3-7,9-11,16H,2,8,12-15H2,1H3;2*1H. The average Bonchev–Trinajstić information content (AvgIpc) is 2.88. The van der Waals surface area contributed by atoms with Crippen molar-refractivity contribution in [2.75, 3.05) is 32.7 Å². The Morgan fingerprint density at radius 1 is 0.964 bits per heavy atom. The Balaban J connectivity index is 0.00000140. The van der Waals surface area contributed by atoms with E-state index in [1.54, 1.807) is 0 Å². The van der Waals surface area contributed by atoms with E-state index < -0.39 is 0 Å². The lowest BCUT2D eigenvalue weighted by molar-refractivity contribution is 0.191. The molecule has 1 saturated heterocycles. The van der Waals surface area contributed by atoms with Gasteiger partial charge in [-0.2, -0.15) is 0 Å². The molecule has 2 aliphatic heterocycles. The van der Waals surface area contributed by atoms with Gasteiger partial charge in [0.2, 0.25) is 0 Å². The Morgan fingerprint density at radius 2 is 1.68 bits per heavy atom. The highest BCUT2D eigenvalue weighted by Crippen LogP contribution is 2.31. The van der Waals surface area contributed by atoms with Crippen molar-refractivity contribution in [2.24, 2.45) is 4.99 Å². The van der Waals surface area contributed by atoms with E-state index in [2.05, 4.69) is 53.1 Å². The maximum Gasteiger partial charge on any atom is 0.136 e. The molecule has 0 radical (unpaired) electrons. The molecule has 6 heteroatoms. The minimum absolute atomic E-state index is 0. The van der Waals surface area contributed by atoms with Crippen LogP contribution in [-0.4, -0.2) is 48.4 Å². The summed E-state index contributed by atoms with van der Waals surface area (Å²) in [6, 6.07) is 16.6. The topological polar surface area (TPSA) is 18.8 Å². The van der Waals surface area contributed by atoms with Gasteiger partial charge in [0.25, 0.3) is 0 Å². The van der Waals surface area contributed by atoms with Gasteiger partial charge in [-0.25, -0.2) is 4.99 Å². The number of amidine groups is 1. The Labute approximate surface area is 184 Å². The second-order valence-corrected chi connectivity index (χ2v) is 7.25. The minimum Gasteiger partial charge on any atom is -0.354 e. The summed E-state index contributed by atoms with van der Waals surface area (Å²) in [6.07, 6.45) is 3.16. The number of aliphatic imine (C=N–C) groups is 1. The molecule has 0 aromatic heterocycles. The molecule has 0 saturated carbocycles. The quantitative estimate of drug-likeness (QED) is 0.617. The first-order chi connectivity index (χ1) is 12.7. The lowest BCUT2D eigenvalue weighted by Crippen LogP contribution is -2.48. The predicted molar refractivity (Wildman–Crippen MR) is 125 cm³/mol. The lowest BCUT2D eigenvalue weighted by Gasteiger charge is -2.36. The molecule has 3 nitrogen and oxygen atoms in total. The van der Waals surface area contributed by atoms with Crippen LogP contribution in [0.25, 0.3) is 5.57 Å². The number of allylic oxidation sites excluding steroid dienone is 1. The van der Waals surface area contributed by atoms with Crippen molar-refractivity contribution in [1.29, 1.82) is 0 Å². The first kappa shape index (κ1) is 22.8. The summed E-state index contributed by atoms with van der Waals surface area (Å²) in [6.45, 7) is 7.55. The Bertz CT molecular complexity index is 841. The Hall–Kier alpha value is -1.52. The highest BCUT2D eigenvalue weighted by Gasteiger charge is 2.24. The van der Waals surface area contributed by atoms with Gasteiger partial charge in [0.15, 0.2) is 0 Å². The molecule has 0 atom stereocenters. The van der Waals surface area contributed by atoms with E-state index in [-0.39, 0.29) is 24.8 Å². The van der Waals surface area contributed by atoms with Crippen molar-refractivity contribution in [1.82, 2.24) is 9.80 Å². The number of hydrogen-bond donors (Lipinski definition) is 0. The van der Waals surface area contributed by atoms with Gasteiger partial charge in [-0.05, 0) is 42.3 Å². The predicted octanol–water partition coefficient (Wildman–Crippen LogP) is 5.49. The van der Waals surface area contributed by atoms with Crippen LogP contribution in [0.3, 0.4) is 0 Å². The Morgan fingerprint density at radius 3 is 2.36 bits per heavy atom. The summed E-state index contributed by atoms with van der Waals surface area (Å²) in [5.74, 6) is 1.09. The zero-order valence-electron chi connectivity index (χ0n) is 16.0. The molecule has 2 heterocycles. The molecule has 0 amide bonds. The second-order valence-electron chi connectivity index (χ2n) is 6.82. The third kappa shape index (κ3) is 4.90. The summed E-state index contributed by atoms with van der Waals surface area (Å²) in [5, 5.41) is 0.772. The van der Waals surface area contributed by atoms with Gasteiger partial charge in [0.05, 0.1) is 5.69 Å². The zero-order valence-corrected chi connectivity index (χ0v) is 18.4. The number of nitrogens with zero attached hydrogens (tertiary/aromatic N) is 3. The van der Waals surface area contributed by atoms with Crippen molar-refractivity contribution >= 4 is 53.5 Å². The summed E-state index contributed by atoms with van der Waals surface area (Å²) in [4.78, 5) is 10.0. The van der Waals surface area contributed by atoms with Crippen molar-refractivity contribution in [3.63, 3.8) is 0 Å². The molecule has 0 spiro atoms. The van der Waals surface area contributed by atoms with Gasteiger partial charge in [0, 0.05) is 36.8 Å². The van der Waals surface area contributed by atoms with Gasteiger partial charge in [-0.15, -0.1) is 24.8 Å². The highest BCUT2D eigenvalue weighted by atomic mass is 35.5. The lowest BCUT2D eigenvalue weighted by atomic mass is 10.0. The normalized spacial score (nSPS) is 16.7. The third-order valence-corrected chi connectivity index (χ3v) is 5.47. The van der Waals surface area contributed by atoms with Gasteiger partial charge in [-0.1, -0.05) is 54.9 Å². The SMILES string of the molecule is CCN1CCN(C2=Nc3ccc(Cl)cc3CC=C2c2ccccc2)CC1.Cl.Cl. The number of fused-ring (bicyclic) bond motifs is 1. The van der Waals surface area contributed by atoms with Crippen molar-refractivity contribution < 1.29 is 0 Å². The molecule has 2 aromatic carbocycles. The fraction of sp³-hybridized carbons (Fsp3) is 0.318. The van der Waals surface area contributed by atoms with Crippen LogP contribution in [0.1, 0.15) is 18.1 Å². The number of rotatable bonds is 2. The van der Waals surface area contributed by atoms with Gasteiger partial charge in [0.1, 0.15) is 5.84 Å². The van der Waals surface area contributed by atoms with Gasteiger partial charge in [-0.3, -0.25) is 0 Å². The maximum atomic E-state index is 6.22. The number of hydrogen-bond acceptors (Lipinski definition) is 3. The van der Waals surface area contributed by atoms with Crippen molar-refractivity contribution in [3.8, 4) is 0 Å². The first-order valence-electron chi connectivity index (χ1n) is 9.35. The maximum absolute atomic E-state index is 6.22. The number of likely N-dealkylation sites (N-methyl/N-ethyl adjacent to an activating group) is 1. The van der Waals surface area contributed by atoms with Crippen LogP contribution in [0.15, 0.2) is 59.6 Å². The fourth-order valence-electron chi connectivity index (χ4n) is 3.69. The zero-order chi connectivity index (χ0) is 17.9. The molecule has 0 N–H and O–H groups in total. The highest BCUT2D eigenvalue weighted by molar-refractivity contribution is 6.30. The van der Waals surface area contributed by atoms with Crippen molar-refractivity contribution in [3.05, 3.63) is 70.8 Å². The van der Waals surface area contributed by atoms with E-state index in [1.165, 1.54) is 16.7 Å². The molecule has 4 rings (SSSR count). The summed E-state index contributed by atoms with van der Waals surface area (Å²) in [5.41, 5.74) is 4.67. The molecular weight excluding hydrogens is 413 g/mol. The van der Waals surface area contributed by atoms with E-state index in [0.29, 0.717) is 0 Å². The van der Waals surface area contributed by atoms with E-state index in [0.717, 1.165) is 55.7 Å². The monoisotopic (exact) mass is 437 g/mol. The van der Waals surface area contributed by atoms with Crippen LogP contribution < -0.4 is 0 Å². The van der Waals surface area contributed by atoms with Crippen LogP contribution in [0.5, 0.6) is 0 Å². The van der Waals surface area contributed by atoms with Crippen LogP contribution in [-0.2, 0) is 6.42 Å². The van der Waals surface area contributed by atoms with Crippen LogP contribution in [0.2, 0.25) is 5.02 Å². The molecule has 2 aromatic rings. The largest absolute Gasteiger partial charge is 0.354 e. The van der Waals surface area contributed by atoms with Crippen LogP contribution in [0, 0.1) is 0 Å². The number of halogens is 3. The third-order valence-electron chi connectivity index (χ3n) is 5.24. The summed E-state index contributed by atoms with van der Waals surface area (Å²) in [7, 11) is 0. The molecule has 0 unspecified atom stereocenters. The Kier molecular flexibility index (Phi) is 8.38. The number of piperazine rings is 1. The van der Waals surface area contributed by atoms with E-state index in [4.69, 9.17) is 16.6 Å². The van der Waals surface area contributed by atoms with Crippen molar-refractivity contribution in [2.45, 2.75) is 13.3 Å². The molecule has 150 valence electrons. The minimum atomic E-state index is 0. The van der Waals surface area contributed by atoms with E-state index in [9.17, 15) is 0 Å². The smallest absolute Gasteiger partial charge is 0.136 e. The van der Waals surface area contributed by atoms with E-state index in [1.807, 2.05) is 18.2 Å². The fourth-order valence-corrected chi connectivity index (χ4v) is 3.88. The van der Waals surface area contributed by atoms with Crippen LogP contribution >= 0.6 is 36.4 Å². The average molecular weight is 439 g/mol. The molecular formula is C22H26Cl3N3. The van der Waals surface area contributed by atoms with Crippen LogP contribution in [0.4, 0.5) is 5.69 Å².